The van der Waals surface area contributed by atoms with Crippen molar-refractivity contribution >= 4 is 23.4 Å². The average Bonchev–Trinajstić information content (AvgIpc) is 2.83. The Labute approximate surface area is 202 Å². The monoisotopic (exact) mass is 492 g/mol. The molecule has 2 aliphatic rings. The van der Waals surface area contributed by atoms with E-state index < -0.39 is 28.7 Å². The van der Waals surface area contributed by atoms with Crippen LogP contribution < -0.4 is 4.74 Å². The second-order valence-electron chi connectivity index (χ2n) is 8.72. The Morgan fingerprint density at radius 2 is 1.71 bits per heavy atom. The van der Waals surface area contributed by atoms with Crippen LogP contribution in [0.15, 0.2) is 42.5 Å². The SMILES string of the molecule is O=C(C[C@@]1(COc2cccc(Cl)c2)CN(C(=O)c2c(F)cccc2F)CCO1)N1CCCCC1. The summed E-state index contributed by atoms with van der Waals surface area (Å²) < 4.78 is 40.6. The number of hydrogen-bond acceptors (Lipinski definition) is 4. The first-order valence-electron chi connectivity index (χ1n) is 11.4. The van der Waals surface area contributed by atoms with Gasteiger partial charge in [-0.3, -0.25) is 9.59 Å². The fourth-order valence-electron chi connectivity index (χ4n) is 4.43. The first-order valence-corrected chi connectivity index (χ1v) is 11.8. The van der Waals surface area contributed by atoms with E-state index in [1.165, 1.54) is 11.0 Å². The third-order valence-electron chi connectivity index (χ3n) is 6.19. The van der Waals surface area contributed by atoms with Gasteiger partial charge in [0.05, 0.1) is 19.6 Å². The van der Waals surface area contributed by atoms with Gasteiger partial charge in [0, 0.05) is 24.7 Å². The van der Waals surface area contributed by atoms with Gasteiger partial charge in [0.2, 0.25) is 5.91 Å². The Morgan fingerprint density at radius 1 is 1.00 bits per heavy atom. The lowest BCUT2D eigenvalue weighted by molar-refractivity contribution is -0.153. The van der Waals surface area contributed by atoms with Crippen molar-refractivity contribution < 1.29 is 27.8 Å². The first-order chi connectivity index (χ1) is 16.4. The summed E-state index contributed by atoms with van der Waals surface area (Å²) in [5.41, 5.74) is -1.79. The number of carbonyl (C=O) groups is 2. The number of likely N-dealkylation sites (tertiary alicyclic amines) is 1. The first kappa shape index (κ1) is 24.4. The van der Waals surface area contributed by atoms with Gasteiger partial charge in [0.1, 0.15) is 35.2 Å². The Hall–Kier alpha value is -2.71. The summed E-state index contributed by atoms with van der Waals surface area (Å²) in [5, 5.41) is 0.493. The minimum atomic E-state index is -1.17. The molecule has 0 aliphatic carbocycles. The van der Waals surface area contributed by atoms with Crippen LogP contribution in [-0.2, 0) is 9.53 Å². The summed E-state index contributed by atoms with van der Waals surface area (Å²) in [6.45, 7) is 1.52. The van der Waals surface area contributed by atoms with Crippen LogP contribution in [0, 0.1) is 11.6 Å². The second-order valence-corrected chi connectivity index (χ2v) is 9.16. The molecule has 2 heterocycles. The molecule has 0 bridgehead atoms. The molecule has 0 aromatic heterocycles. The van der Waals surface area contributed by atoms with E-state index in [1.54, 1.807) is 29.2 Å². The van der Waals surface area contributed by atoms with Crippen molar-refractivity contribution in [1.29, 1.82) is 0 Å². The van der Waals surface area contributed by atoms with Crippen molar-refractivity contribution in [3.8, 4) is 5.75 Å². The fourth-order valence-corrected chi connectivity index (χ4v) is 4.61. The van der Waals surface area contributed by atoms with Gasteiger partial charge >= 0.3 is 0 Å². The number of hydrogen-bond donors (Lipinski definition) is 0. The van der Waals surface area contributed by atoms with Crippen molar-refractivity contribution in [3.05, 3.63) is 64.7 Å². The van der Waals surface area contributed by atoms with E-state index >= 15 is 0 Å². The van der Waals surface area contributed by atoms with E-state index in [-0.39, 0.29) is 38.6 Å². The zero-order valence-electron chi connectivity index (χ0n) is 18.8. The zero-order chi connectivity index (χ0) is 24.1. The highest BCUT2D eigenvalue weighted by atomic mass is 35.5. The highest BCUT2D eigenvalue weighted by molar-refractivity contribution is 6.30. The quantitative estimate of drug-likeness (QED) is 0.603. The van der Waals surface area contributed by atoms with Gasteiger partial charge in [-0.1, -0.05) is 23.7 Å². The molecule has 2 fully saturated rings. The van der Waals surface area contributed by atoms with Gasteiger partial charge in [0.25, 0.3) is 5.91 Å². The number of amides is 2. The Bertz CT molecular complexity index is 1030. The minimum Gasteiger partial charge on any atom is -0.490 e. The molecular weight excluding hydrogens is 466 g/mol. The maximum Gasteiger partial charge on any atom is 0.260 e. The van der Waals surface area contributed by atoms with Crippen LogP contribution in [-0.4, -0.2) is 66.6 Å². The lowest BCUT2D eigenvalue weighted by atomic mass is 9.95. The minimum absolute atomic E-state index is 0.0168. The van der Waals surface area contributed by atoms with Gasteiger partial charge in [-0.25, -0.2) is 8.78 Å². The largest absolute Gasteiger partial charge is 0.490 e. The summed E-state index contributed by atoms with van der Waals surface area (Å²) in [4.78, 5) is 29.3. The second kappa shape index (κ2) is 10.7. The molecule has 182 valence electrons. The van der Waals surface area contributed by atoms with Crippen LogP contribution in [0.3, 0.4) is 0 Å². The summed E-state index contributed by atoms with van der Waals surface area (Å²) in [7, 11) is 0. The lowest BCUT2D eigenvalue weighted by Gasteiger charge is -2.43. The molecule has 2 amide bonds. The Morgan fingerprint density at radius 3 is 2.41 bits per heavy atom. The smallest absolute Gasteiger partial charge is 0.260 e. The number of benzene rings is 2. The predicted molar refractivity (Wildman–Crippen MR) is 123 cm³/mol. The molecule has 34 heavy (non-hydrogen) atoms. The van der Waals surface area contributed by atoms with Crippen molar-refractivity contribution in [3.63, 3.8) is 0 Å². The lowest BCUT2D eigenvalue weighted by Crippen LogP contribution is -2.58. The topological polar surface area (TPSA) is 59.1 Å². The summed E-state index contributed by atoms with van der Waals surface area (Å²) in [5.74, 6) is -2.25. The van der Waals surface area contributed by atoms with Crippen LogP contribution in [0.4, 0.5) is 8.78 Å². The standard InChI is InChI=1S/C25H27ClF2N2O4/c26-18-6-4-7-19(14-18)33-17-25(15-22(31)29-10-2-1-3-11-29)16-30(12-13-34-25)24(32)23-20(27)8-5-9-21(23)28/h4-9,14H,1-3,10-13,15-17H2/t25-/m0/s1. The maximum absolute atomic E-state index is 14.3. The molecule has 1 atom stereocenters. The van der Waals surface area contributed by atoms with Crippen LogP contribution in [0.1, 0.15) is 36.0 Å². The van der Waals surface area contributed by atoms with Crippen LogP contribution in [0.25, 0.3) is 0 Å². The molecule has 0 spiro atoms. The number of carbonyl (C=O) groups excluding carboxylic acids is 2. The van der Waals surface area contributed by atoms with Crippen LogP contribution in [0.2, 0.25) is 5.02 Å². The molecule has 0 N–H and O–H groups in total. The third kappa shape index (κ3) is 5.67. The molecular formula is C25H27ClF2N2O4. The molecule has 0 unspecified atom stereocenters. The number of nitrogens with zero attached hydrogens (tertiary/aromatic N) is 2. The molecule has 2 aromatic rings. The van der Waals surface area contributed by atoms with E-state index in [0.717, 1.165) is 31.4 Å². The summed E-state index contributed by atoms with van der Waals surface area (Å²) in [6.07, 6.45) is 2.95. The molecule has 0 radical (unpaired) electrons. The van der Waals surface area contributed by atoms with Crippen molar-refractivity contribution in [1.82, 2.24) is 9.80 Å². The number of halogens is 3. The van der Waals surface area contributed by atoms with Crippen molar-refractivity contribution in [2.75, 3.05) is 39.4 Å². The maximum atomic E-state index is 14.3. The van der Waals surface area contributed by atoms with Crippen molar-refractivity contribution in [2.24, 2.45) is 0 Å². The number of piperidine rings is 1. The molecule has 4 rings (SSSR count). The fraction of sp³-hybridized carbons (Fsp3) is 0.440. The number of ether oxygens (including phenoxy) is 2. The number of morpholine rings is 1. The van der Waals surface area contributed by atoms with Gasteiger partial charge in [0.15, 0.2) is 0 Å². The van der Waals surface area contributed by atoms with E-state index in [4.69, 9.17) is 21.1 Å². The summed E-state index contributed by atoms with van der Waals surface area (Å²) in [6, 6.07) is 10.1. The molecule has 2 saturated heterocycles. The van der Waals surface area contributed by atoms with Crippen molar-refractivity contribution in [2.45, 2.75) is 31.3 Å². The van der Waals surface area contributed by atoms with Gasteiger partial charge < -0.3 is 19.3 Å². The van der Waals surface area contributed by atoms with Gasteiger partial charge in [-0.15, -0.1) is 0 Å². The normalized spacial score (nSPS) is 20.8. The predicted octanol–water partition coefficient (Wildman–Crippen LogP) is 4.31. The molecule has 2 aliphatic heterocycles. The van der Waals surface area contributed by atoms with E-state index in [0.29, 0.717) is 23.9 Å². The highest BCUT2D eigenvalue weighted by Gasteiger charge is 2.43. The third-order valence-corrected chi connectivity index (χ3v) is 6.43. The Kier molecular flexibility index (Phi) is 7.68. The van der Waals surface area contributed by atoms with Gasteiger partial charge in [-0.05, 0) is 49.6 Å². The Balaban J connectivity index is 1.56. The zero-order valence-corrected chi connectivity index (χ0v) is 19.5. The van der Waals surface area contributed by atoms with E-state index in [1.807, 2.05) is 0 Å². The molecule has 9 heteroatoms. The van der Waals surface area contributed by atoms with Crippen LogP contribution in [0.5, 0.6) is 5.75 Å². The molecule has 0 saturated carbocycles. The summed E-state index contributed by atoms with van der Waals surface area (Å²) >= 11 is 6.05. The average molecular weight is 493 g/mol. The van der Waals surface area contributed by atoms with E-state index in [2.05, 4.69) is 0 Å². The molecule has 6 nitrogen and oxygen atoms in total. The molecule has 2 aromatic carbocycles. The van der Waals surface area contributed by atoms with Crippen LogP contribution >= 0.6 is 11.6 Å². The van der Waals surface area contributed by atoms with Gasteiger partial charge in [-0.2, -0.15) is 0 Å². The number of rotatable bonds is 6. The highest BCUT2D eigenvalue weighted by Crippen LogP contribution is 2.28. The van der Waals surface area contributed by atoms with E-state index in [9.17, 15) is 18.4 Å².